The average Bonchev–Trinajstić information content (AvgIpc) is 2.34. The van der Waals surface area contributed by atoms with Crippen molar-refractivity contribution in [3.8, 4) is 0 Å². The van der Waals surface area contributed by atoms with Gasteiger partial charge >= 0.3 is 0 Å². The SMILES string of the molecule is Cc1c(Cl)cccc1NC(=O)CCNC(=O)CN. The van der Waals surface area contributed by atoms with Gasteiger partial charge in [-0.05, 0) is 24.6 Å². The minimum absolute atomic E-state index is 0.0744. The first-order chi connectivity index (χ1) is 8.54. The van der Waals surface area contributed by atoms with E-state index in [1.807, 2.05) is 6.92 Å². The van der Waals surface area contributed by atoms with E-state index in [1.54, 1.807) is 18.2 Å². The highest BCUT2D eigenvalue weighted by Crippen LogP contribution is 2.22. The van der Waals surface area contributed by atoms with Gasteiger partial charge in [-0.3, -0.25) is 9.59 Å². The maximum atomic E-state index is 11.6. The van der Waals surface area contributed by atoms with Crippen molar-refractivity contribution < 1.29 is 9.59 Å². The number of anilines is 1. The Morgan fingerprint density at radius 3 is 2.72 bits per heavy atom. The van der Waals surface area contributed by atoms with Crippen LogP contribution in [0.5, 0.6) is 0 Å². The lowest BCUT2D eigenvalue weighted by Gasteiger charge is -2.09. The summed E-state index contributed by atoms with van der Waals surface area (Å²) in [7, 11) is 0. The molecule has 0 bridgehead atoms. The first kappa shape index (κ1) is 14.5. The molecular weight excluding hydrogens is 254 g/mol. The van der Waals surface area contributed by atoms with Crippen LogP contribution in [0.2, 0.25) is 5.02 Å². The minimum Gasteiger partial charge on any atom is -0.354 e. The summed E-state index contributed by atoms with van der Waals surface area (Å²) < 4.78 is 0. The standard InChI is InChI=1S/C12H16ClN3O2/c1-8-9(13)3-2-4-10(8)16-11(17)5-6-15-12(18)7-14/h2-4H,5-7,14H2,1H3,(H,15,18)(H,16,17). The number of rotatable bonds is 5. The first-order valence-electron chi connectivity index (χ1n) is 5.56. The van der Waals surface area contributed by atoms with E-state index in [9.17, 15) is 9.59 Å². The summed E-state index contributed by atoms with van der Waals surface area (Å²) in [5.74, 6) is -0.459. The van der Waals surface area contributed by atoms with E-state index in [-0.39, 0.29) is 31.3 Å². The van der Waals surface area contributed by atoms with Gasteiger partial charge in [0.2, 0.25) is 11.8 Å². The van der Waals surface area contributed by atoms with Gasteiger partial charge in [0, 0.05) is 23.7 Å². The van der Waals surface area contributed by atoms with Crippen LogP contribution in [0.3, 0.4) is 0 Å². The fraction of sp³-hybridized carbons (Fsp3) is 0.333. The second-order valence-corrected chi connectivity index (χ2v) is 4.17. The van der Waals surface area contributed by atoms with Gasteiger partial charge in [0.05, 0.1) is 6.54 Å². The lowest BCUT2D eigenvalue weighted by Crippen LogP contribution is -2.32. The fourth-order valence-corrected chi connectivity index (χ4v) is 1.52. The van der Waals surface area contributed by atoms with Crippen LogP contribution in [0.1, 0.15) is 12.0 Å². The second-order valence-electron chi connectivity index (χ2n) is 3.76. The first-order valence-corrected chi connectivity index (χ1v) is 5.94. The number of carbonyl (C=O) groups excluding carboxylic acids is 2. The van der Waals surface area contributed by atoms with Crippen molar-refractivity contribution in [2.24, 2.45) is 5.73 Å². The molecule has 0 atom stereocenters. The molecule has 0 aliphatic heterocycles. The molecule has 2 amide bonds. The van der Waals surface area contributed by atoms with E-state index in [0.717, 1.165) is 5.56 Å². The number of hydrogen-bond donors (Lipinski definition) is 3. The van der Waals surface area contributed by atoms with Gasteiger partial charge in [-0.2, -0.15) is 0 Å². The second kappa shape index (κ2) is 6.98. The van der Waals surface area contributed by atoms with Crippen LogP contribution in [0, 0.1) is 6.92 Å². The Morgan fingerprint density at radius 1 is 1.33 bits per heavy atom. The van der Waals surface area contributed by atoms with Crippen molar-refractivity contribution in [3.05, 3.63) is 28.8 Å². The lowest BCUT2D eigenvalue weighted by atomic mass is 10.2. The zero-order chi connectivity index (χ0) is 13.5. The Labute approximate surface area is 111 Å². The summed E-state index contributed by atoms with van der Waals surface area (Å²) in [5, 5.41) is 5.86. The predicted molar refractivity (Wildman–Crippen MR) is 71.5 cm³/mol. The summed E-state index contributed by atoms with van der Waals surface area (Å²) in [6, 6.07) is 5.30. The van der Waals surface area contributed by atoms with E-state index < -0.39 is 0 Å². The molecule has 1 aromatic rings. The van der Waals surface area contributed by atoms with Gasteiger partial charge < -0.3 is 16.4 Å². The topological polar surface area (TPSA) is 84.2 Å². The van der Waals surface area contributed by atoms with Crippen molar-refractivity contribution in [2.45, 2.75) is 13.3 Å². The minimum atomic E-state index is -0.276. The summed E-state index contributed by atoms with van der Waals surface area (Å²) >= 11 is 5.94. The zero-order valence-electron chi connectivity index (χ0n) is 10.1. The Kier molecular flexibility index (Phi) is 5.61. The van der Waals surface area contributed by atoms with Crippen molar-refractivity contribution in [1.82, 2.24) is 5.32 Å². The molecule has 0 unspecified atom stereocenters. The number of benzene rings is 1. The van der Waals surface area contributed by atoms with Gasteiger partial charge in [-0.1, -0.05) is 17.7 Å². The highest BCUT2D eigenvalue weighted by molar-refractivity contribution is 6.31. The van der Waals surface area contributed by atoms with Crippen molar-refractivity contribution in [2.75, 3.05) is 18.4 Å². The van der Waals surface area contributed by atoms with Gasteiger partial charge in [0.25, 0.3) is 0 Å². The van der Waals surface area contributed by atoms with E-state index in [4.69, 9.17) is 17.3 Å². The summed E-state index contributed by atoms with van der Waals surface area (Å²) in [4.78, 5) is 22.5. The Balaban J connectivity index is 2.45. The number of carbonyl (C=O) groups is 2. The lowest BCUT2D eigenvalue weighted by molar-refractivity contribution is -0.120. The average molecular weight is 270 g/mol. The summed E-state index contributed by atoms with van der Waals surface area (Å²) in [6.07, 6.45) is 0.192. The largest absolute Gasteiger partial charge is 0.354 e. The smallest absolute Gasteiger partial charge is 0.233 e. The number of amides is 2. The number of nitrogens with one attached hydrogen (secondary N) is 2. The maximum Gasteiger partial charge on any atom is 0.233 e. The third-order valence-corrected chi connectivity index (χ3v) is 2.81. The van der Waals surface area contributed by atoms with E-state index in [1.165, 1.54) is 0 Å². The van der Waals surface area contributed by atoms with Gasteiger partial charge in [0.15, 0.2) is 0 Å². The molecule has 4 N–H and O–H groups in total. The zero-order valence-corrected chi connectivity index (χ0v) is 10.9. The fourth-order valence-electron chi connectivity index (χ4n) is 1.34. The molecule has 98 valence electrons. The molecule has 1 rings (SSSR count). The summed E-state index contributed by atoms with van der Waals surface area (Å²) in [5.41, 5.74) is 6.62. The molecule has 0 aromatic heterocycles. The molecule has 0 heterocycles. The van der Waals surface area contributed by atoms with Gasteiger partial charge in [-0.15, -0.1) is 0 Å². The highest BCUT2D eigenvalue weighted by atomic mass is 35.5. The van der Waals surface area contributed by atoms with E-state index in [0.29, 0.717) is 10.7 Å². The van der Waals surface area contributed by atoms with Crippen LogP contribution in [0.15, 0.2) is 18.2 Å². The van der Waals surface area contributed by atoms with E-state index >= 15 is 0 Å². The molecule has 0 radical (unpaired) electrons. The molecule has 6 heteroatoms. The molecule has 0 fully saturated rings. The van der Waals surface area contributed by atoms with Crippen molar-refractivity contribution >= 4 is 29.1 Å². The monoisotopic (exact) mass is 269 g/mol. The number of hydrogen-bond acceptors (Lipinski definition) is 3. The normalized spacial score (nSPS) is 9.94. The van der Waals surface area contributed by atoms with Crippen LogP contribution in [0.4, 0.5) is 5.69 Å². The van der Waals surface area contributed by atoms with Crippen molar-refractivity contribution in [3.63, 3.8) is 0 Å². The molecule has 0 spiro atoms. The van der Waals surface area contributed by atoms with Crippen molar-refractivity contribution in [1.29, 1.82) is 0 Å². The molecule has 0 aliphatic carbocycles. The maximum absolute atomic E-state index is 11.6. The Hall–Kier alpha value is -1.59. The molecule has 18 heavy (non-hydrogen) atoms. The highest BCUT2D eigenvalue weighted by Gasteiger charge is 2.07. The molecular formula is C12H16ClN3O2. The van der Waals surface area contributed by atoms with Crippen LogP contribution < -0.4 is 16.4 Å². The number of halogens is 1. The molecule has 0 saturated carbocycles. The van der Waals surface area contributed by atoms with Crippen LogP contribution >= 0.6 is 11.6 Å². The van der Waals surface area contributed by atoms with E-state index in [2.05, 4.69) is 10.6 Å². The quantitative estimate of drug-likeness (QED) is 0.747. The Bertz CT molecular complexity index is 449. The van der Waals surface area contributed by atoms with Crippen LogP contribution in [-0.4, -0.2) is 24.9 Å². The molecule has 0 aliphatic rings. The van der Waals surface area contributed by atoms with Gasteiger partial charge in [0.1, 0.15) is 0 Å². The molecule has 1 aromatic carbocycles. The predicted octanol–water partition coefficient (Wildman–Crippen LogP) is 1.05. The van der Waals surface area contributed by atoms with Crippen LogP contribution in [0.25, 0.3) is 0 Å². The number of nitrogens with two attached hydrogens (primary N) is 1. The molecule has 0 saturated heterocycles. The third kappa shape index (κ3) is 4.35. The molecule has 5 nitrogen and oxygen atoms in total. The third-order valence-electron chi connectivity index (χ3n) is 2.40. The summed E-state index contributed by atoms with van der Waals surface area (Å²) in [6.45, 7) is 2.02. The van der Waals surface area contributed by atoms with Crippen LogP contribution in [-0.2, 0) is 9.59 Å². The van der Waals surface area contributed by atoms with Gasteiger partial charge in [-0.25, -0.2) is 0 Å². The Morgan fingerprint density at radius 2 is 2.06 bits per heavy atom.